The number of rotatable bonds is 4. The average molecular weight is 350 g/mol. The summed E-state index contributed by atoms with van der Waals surface area (Å²) in [7, 11) is 0.0503. The third-order valence-electron chi connectivity index (χ3n) is 5.38. The summed E-state index contributed by atoms with van der Waals surface area (Å²) in [6.07, 6.45) is 22.2. The van der Waals surface area contributed by atoms with Gasteiger partial charge in [-0.3, -0.25) is 0 Å². The zero-order valence-corrected chi connectivity index (χ0v) is 17.0. The summed E-state index contributed by atoms with van der Waals surface area (Å²) in [6, 6.07) is 0. The van der Waals surface area contributed by atoms with Gasteiger partial charge in [0.05, 0.1) is 0 Å². The van der Waals surface area contributed by atoms with E-state index >= 15 is 0 Å². The second-order valence-electron chi connectivity index (χ2n) is 8.48. The van der Waals surface area contributed by atoms with E-state index in [9.17, 15) is 0 Å². The maximum atomic E-state index is 2.50. The highest BCUT2D eigenvalue weighted by Crippen LogP contribution is 2.69. The Bertz CT molecular complexity index is 331. The van der Waals surface area contributed by atoms with Gasteiger partial charge in [-0.25, -0.2) is 0 Å². The summed E-state index contributed by atoms with van der Waals surface area (Å²) in [5.41, 5.74) is 3.81. The van der Waals surface area contributed by atoms with Crippen LogP contribution in [-0.4, -0.2) is 16.1 Å². The van der Waals surface area contributed by atoms with E-state index in [1.54, 1.807) is 10.9 Å². The monoisotopic (exact) mass is 349 g/mol. The van der Waals surface area contributed by atoms with Gasteiger partial charge in [0.1, 0.15) is 0 Å². The summed E-state index contributed by atoms with van der Waals surface area (Å²) in [5, 5.41) is 1.61. The Balaban J connectivity index is 1.75. The van der Waals surface area contributed by atoms with Gasteiger partial charge in [0, 0.05) is 15.7 Å². The van der Waals surface area contributed by atoms with E-state index in [2.05, 4.69) is 51.8 Å². The lowest BCUT2D eigenvalue weighted by atomic mass is 9.99. The van der Waals surface area contributed by atoms with Crippen molar-refractivity contribution in [3.8, 4) is 0 Å². The first-order valence-electron chi connectivity index (χ1n) is 9.78. The molecule has 5 radical (unpaired) electrons. The predicted molar refractivity (Wildman–Crippen MR) is 107 cm³/mol. The topological polar surface area (TPSA) is 0 Å². The van der Waals surface area contributed by atoms with Crippen LogP contribution in [0.5, 0.6) is 0 Å². The molecule has 0 atom stereocenters. The highest BCUT2D eigenvalue weighted by molar-refractivity contribution is 8.04. The van der Waals surface area contributed by atoms with Crippen LogP contribution in [-0.2, 0) is 0 Å². The largest absolute Gasteiger partial charge is 0.146 e. The lowest BCUT2D eigenvalue weighted by Gasteiger charge is -2.43. The summed E-state index contributed by atoms with van der Waals surface area (Å²) >= 11 is 2.11. The standard InChI is InChI=1S/C21H34PS/c1-21(2,3)23-20-16-10-15-19(20)22(17-11-6-4-7-12-17)18-13-8-5-9-14-18/h10,15-18H,4-9,11-14H2,1-3H3. The summed E-state index contributed by atoms with van der Waals surface area (Å²) < 4.78 is 0.323. The van der Waals surface area contributed by atoms with Crippen molar-refractivity contribution in [2.45, 2.75) is 101 Å². The first-order valence-corrected chi connectivity index (χ1v) is 12.1. The molecule has 0 spiro atoms. The maximum absolute atomic E-state index is 2.50. The molecule has 0 saturated heterocycles. The summed E-state index contributed by atoms with van der Waals surface area (Å²) in [6.45, 7) is 7.08. The SMILES string of the molecule is CC(C)(C)S[C]1[CH][CH][CH][C]1P(C1CCCCC1)C1CCCCC1. The molecule has 3 saturated carbocycles. The predicted octanol–water partition coefficient (Wildman–Crippen LogP) is 7.36. The van der Waals surface area contributed by atoms with Gasteiger partial charge in [-0.15, -0.1) is 11.8 Å². The van der Waals surface area contributed by atoms with Gasteiger partial charge in [-0.05, 0) is 56.3 Å². The average Bonchev–Trinajstić information content (AvgIpc) is 2.96. The molecule has 0 aromatic rings. The molecule has 0 N–H and O–H groups in total. The fourth-order valence-electron chi connectivity index (χ4n) is 4.43. The molecule has 23 heavy (non-hydrogen) atoms. The molecular formula is C21H34PS. The number of thioether (sulfide) groups is 1. The molecule has 0 aliphatic heterocycles. The Morgan fingerprint density at radius 2 is 1.35 bits per heavy atom. The first-order chi connectivity index (χ1) is 11.0. The quantitative estimate of drug-likeness (QED) is 0.478. The molecule has 0 amide bonds. The van der Waals surface area contributed by atoms with E-state index in [-0.39, 0.29) is 7.92 Å². The summed E-state index contributed by atoms with van der Waals surface area (Å²) in [4.78, 5) is 0. The Morgan fingerprint density at radius 1 is 0.826 bits per heavy atom. The van der Waals surface area contributed by atoms with Crippen molar-refractivity contribution in [2.24, 2.45) is 0 Å². The lowest BCUT2D eigenvalue weighted by molar-refractivity contribution is 0.485. The van der Waals surface area contributed by atoms with E-state index in [0.29, 0.717) is 4.75 Å². The van der Waals surface area contributed by atoms with Crippen LogP contribution in [0.15, 0.2) is 0 Å². The van der Waals surface area contributed by atoms with Gasteiger partial charge < -0.3 is 0 Å². The van der Waals surface area contributed by atoms with Gasteiger partial charge in [0.15, 0.2) is 0 Å². The zero-order chi connectivity index (χ0) is 16.3. The van der Waals surface area contributed by atoms with Gasteiger partial charge in [-0.2, -0.15) is 0 Å². The molecule has 0 nitrogen and oxygen atoms in total. The first kappa shape index (κ1) is 18.6. The van der Waals surface area contributed by atoms with Gasteiger partial charge in [0.2, 0.25) is 0 Å². The van der Waals surface area contributed by atoms with Gasteiger partial charge in [0.25, 0.3) is 0 Å². The highest BCUT2D eigenvalue weighted by Gasteiger charge is 2.44. The van der Waals surface area contributed by atoms with Crippen molar-refractivity contribution >= 4 is 19.7 Å². The van der Waals surface area contributed by atoms with Crippen molar-refractivity contribution in [3.63, 3.8) is 0 Å². The molecule has 3 rings (SSSR count). The molecule has 0 unspecified atom stereocenters. The lowest BCUT2D eigenvalue weighted by Crippen LogP contribution is -2.25. The summed E-state index contributed by atoms with van der Waals surface area (Å²) in [5.74, 6) is 0. The fraction of sp³-hybridized carbons (Fsp3) is 0.762. The number of hydrogen-bond donors (Lipinski definition) is 0. The molecule has 3 aliphatic rings. The van der Waals surface area contributed by atoms with Crippen molar-refractivity contribution in [2.75, 3.05) is 0 Å². The van der Waals surface area contributed by atoms with Crippen molar-refractivity contribution < 1.29 is 0 Å². The molecule has 0 heterocycles. The zero-order valence-electron chi connectivity index (χ0n) is 15.3. The van der Waals surface area contributed by atoms with Crippen LogP contribution >= 0.6 is 19.7 Å². The van der Waals surface area contributed by atoms with Crippen LogP contribution in [0.2, 0.25) is 0 Å². The smallest absolute Gasteiger partial charge is 0.0466 e. The van der Waals surface area contributed by atoms with Crippen LogP contribution in [0.4, 0.5) is 0 Å². The Hall–Kier alpha value is 0.780. The van der Waals surface area contributed by atoms with E-state index in [4.69, 9.17) is 0 Å². The van der Waals surface area contributed by atoms with E-state index < -0.39 is 0 Å². The fourth-order valence-corrected chi connectivity index (χ4v) is 9.68. The molecule has 3 fully saturated rings. The molecule has 0 aromatic carbocycles. The van der Waals surface area contributed by atoms with E-state index in [1.807, 2.05) is 0 Å². The van der Waals surface area contributed by atoms with Crippen LogP contribution in [0.1, 0.15) is 85.0 Å². The second kappa shape index (κ2) is 8.44. The highest BCUT2D eigenvalue weighted by atomic mass is 32.2. The van der Waals surface area contributed by atoms with Gasteiger partial charge in [-0.1, -0.05) is 67.2 Å². The minimum absolute atomic E-state index is 0.0503. The van der Waals surface area contributed by atoms with Crippen LogP contribution in [0.3, 0.4) is 0 Å². The third kappa shape index (κ3) is 5.13. The minimum Gasteiger partial charge on any atom is -0.146 e. The normalized spacial score (nSPS) is 27.1. The van der Waals surface area contributed by atoms with Crippen LogP contribution in [0, 0.1) is 30.2 Å². The minimum atomic E-state index is 0.0503. The number of hydrogen-bond acceptors (Lipinski definition) is 1. The van der Waals surface area contributed by atoms with Crippen molar-refractivity contribution in [1.29, 1.82) is 0 Å². The molecule has 3 aliphatic carbocycles. The van der Waals surface area contributed by atoms with Crippen molar-refractivity contribution in [3.05, 3.63) is 30.2 Å². The van der Waals surface area contributed by atoms with Crippen LogP contribution in [0.25, 0.3) is 0 Å². The van der Waals surface area contributed by atoms with E-state index in [1.165, 1.54) is 64.2 Å². The van der Waals surface area contributed by atoms with Crippen LogP contribution < -0.4 is 0 Å². The molecule has 0 bridgehead atoms. The van der Waals surface area contributed by atoms with E-state index in [0.717, 1.165) is 11.3 Å². The molecular weight excluding hydrogens is 315 g/mol. The second-order valence-corrected chi connectivity index (χ2v) is 13.1. The Morgan fingerprint density at radius 3 is 1.83 bits per heavy atom. The molecule has 2 heteroatoms. The molecule has 0 aromatic heterocycles. The van der Waals surface area contributed by atoms with Gasteiger partial charge >= 0.3 is 0 Å². The Labute approximate surface area is 151 Å². The Kier molecular flexibility index (Phi) is 6.81. The van der Waals surface area contributed by atoms with Crippen molar-refractivity contribution in [1.82, 2.24) is 0 Å². The molecule has 129 valence electrons. The third-order valence-corrected chi connectivity index (χ3v) is 10.3. The maximum Gasteiger partial charge on any atom is 0.0466 e.